The number of carbonyl (C=O) groups is 1. The molecular weight excluding hydrogens is 239 g/mol. The Morgan fingerprint density at radius 2 is 1.84 bits per heavy atom. The van der Waals surface area contributed by atoms with Crippen LogP contribution in [0.4, 0.5) is 4.39 Å². The quantitative estimate of drug-likeness (QED) is 0.747. The van der Waals surface area contributed by atoms with Crippen molar-refractivity contribution >= 4 is 5.78 Å². The van der Waals surface area contributed by atoms with Crippen LogP contribution in [-0.2, 0) is 6.42 Å². The molecule has 0 amide bonds. The van der Waals surface area contributed by atoms with E-state index in [1.54, 1.807) is 18.2 Å². The van der Waals surface area contributed by atoms with E-state index in [0.717, 1.165) is 5.56 Å². The first-order valence-corrected chi connectivity index (χ1v) is 6.42. The van der Waals surface area contributed by atoms with Crippen molar-refractivity contribution in [1.29, 1.82) is 0 Å². The highest BCUT2D eigenvalue weighted by Gasteiger charge is 2.11. The molecule has 2 rings (SSSR count). The average molecular weight is 256 g/mol. The highest BCUT2D eigenvalue weighted by Crippen LogP contribution is 2.15. The van der Waals surface area contributed by atoms with Gasteiger partial charge in [-0.05, 0) is 43.5 Å². The van der Waals surface area contributed by atoms with Gasteiger partial charge in [0.1, 0.15) is 5.82 Å². The zero-order valence-electron chi connectivity index (χ0n) is 11.2. The van der Waals surface area contributed by atoms with Gasteiger partial charge in [-0.3, -0.25) is 4.79 Å². The summed E-state index contributed by atoms with van der Waals surface area (Å²) in [6.07, 6.45) is 0.990. The fourth-order valence-corrected chi connectivity index (χ4v) is 2.20. The van der Waals surface area contributed by atoms with Gasteiger partial charge in [-0.2, -0.15) is 0 Å². The molecule has 2 aromatic carbocycles. The van der Waals surface area contributed by atoms with E-state index >= 15 is 0 Å². The van der Waals surface area contributed by atoms with Gasteiger partial charge in [0.05, 0.1) is 5.56 Å². The van der Waals surface area contributed by atoms with E-state index in [9.17, 15) is 9.18 Å². The van der Waals surface area contributed by atoms with Crippen LogP contribution in [0.2, 0.25) is 0 Å². The molecule has 0 unspecified atom stereocenters. The van der Waals surface area contributed by atoms with Crippen LogP contribution in [0.25, 0.3) is 0 Å². The number of benzene rings is 2. The van der Waals surface area contributed by atoms with Crippen molar-refractivity contribution in [2.24, 2.45) is 0 Å². The molecule has 0 radical (unpaired) electrons. The van der Waals surface area contributed by atoms with Crippen LogP contribution in [0, 0.1) is 19.7 Å². The standard InChI is InChI=1S/C17H17FO/c1-12-7-8-14(13(2)11-12)9-10-17(19)15-5-3-4-6-16(15)18/h3-8,11H,9-10H2,1-2H3. The van der Waals surface area contributed by atoms with Gasteiger partial charge >= 0.3 is 0 Å². The Labute approximate surface area is 113 Å². The van der Waals surface area contributed by atoms with Gasteiger partial charge in [0, 0.05) is 6.42 Å². The Morgan fingerprint density at radius 1 is 1.11 bits per heavy atom. The van der Waals surface area contributed by atoms with Crippen molar-refractivity contribution < 1.29 is 9.18 Å². The summed E-state index contributed by atoms with van der Waals surface area (Å²) < 4.78 is 13.5. The number of rotatable bonds is 4. The first-order chi connectivity index (χ1) is 9.08. The Bertz CT molecular complexity index is 602. The zero-order valence-corrected chi connectivity index (χ0v) is 11.2. The molecule has 0 N–H and O–H groups in total. The lowest BCUT2D eigenvalue weighted by Crippen LogP contribution is -2.04. The van der Waals surface area contributed by atoms with E-state index in [-0.39, 0.29) is 11.3 Å². The molecule has 0 heterocycles. The second-order valence-corrected chi connectivity index (χ2v) is 4.83. The summed E-state index contributed by atoms with van der Waals surface area (Å²) in [6.45, 7) is 4.08. The lowest BCUT2D eigenvalue weighted by atomic mass is 9.98. The largest absolute Gasteiger partial charge is 0.294 e. The topological polar surface area (TPSA) is 17.1 Å². The van der Waals surface area contributed by atoms with Crippen LogP contribution in [0.5, 0.6) is 0 Å². The summed E-state index contributed by atoms with van der Waals surface area (Å²) in [5.41, 5.74) is 3.73. The average Bonchev–Trinajstić information content (AvgIpc) is 2.38. The molecule has 0 saturated carbocycles. The molecule has 0 atom stereocenters. The Balaban J connectivity index is 2.07. The molecule has 0 bridgehead atoms. The first-order valence-electron chi connectivity index (χ1n) is 6.42. The second-order valence-electron chi connectivity index (χ2n) is 4.83. The van der Waals surface area contributed by atoms with Crippen LogP contribution < -0.4 is 0 Å². The number of ketones is 1. The maximum absolute atomic E-state index is 13.5. The molecule has 2 heteroatoms. The van der Waals surface area contributed by atoms with Crippen LogP contribution in [0.15, 0.2) is 42.5 Å². The monoisotopic (exact) mass is 256 g/mol. The van der Waals surface area contributed by atoms with Crippen molar-refractivity contribution in [3.05, 3.63) is 70.5 Å². The summed E-state index contributed by atoms with van der Waals surface area (Å²) >= 11 is 0. The smallest absolute Gasteiger partial charge is 0.166 e. The molecule has 0 aliphatic carbocycles. The molecule has 1 nitrogen and oxygen atoms in total. The summed E-state index contributed by atoms with van der Waals surface area (Å²) in [4.78, 5) is 12.0. The number of hydrogen-bond donors (Lipinski definition) is 0. The lowest BCUT2D eigenvalue weighted by molar-refractivity contribution is 0.0979. The predicted octanol–water partition coefficient (Wildman–Crippen LogP) is 4.26. The van der Waals surface area contributed by atoms with Crippen LogP contribution >= 0.6 is 0 Å². The molecule has 0 saturated heterocycles. The summed E-state index contributed by atoms with van der Waals surface area (Å²) in [5.74, 6) is -0.578. The molecule has 2 aromatic rings. The summed E-state index contributed by atoms with van der Waals surface area (Å²) in [6, 6.07) is 12.3. The third kappa shape index (κ3) is 3.28. The predicted molar refractivity (Wildman–Crippen MR) is 75.0 cm³/mol. The van der Waals surface area contributed by atoms with Crippen LogP contribution in [0.3, 0.4) is 0 Å². The maximum Gasteiger partial charge on any atom is 0.166 e. The van der Waals surface area contributed by atoms with Gasteiger partial charge in [0.25, 0.3) is 0 Å². The molecule has 0 spiro atoms. The van der Waals surface area contributed by atoms with Crippen molar-refractivity contribution in [1.82, 2.24) is 0 Å². The lowest BCUT2D eigenvalue weighted by Gasteiger charge is -2.07. The van der Waals surface area contributed by atoms with Crippen LogP contribution in [0.1, 0.15) is 33.5 Å². The Hall–Kier alpha value is -1.96. The summed E-state index contributed by atoms with van der Waals surface area (Å²) in [7, 11) is 0. The molecule has 0 aliphatic heterocycles. The Kier molecular flexibility index (Phi) is 4.10. The van der Waals surface area contributed by atoms with E-state index < -0.39 is 5.82 Å². The molecule has 19 heavy (non-hydrogen) atoms. The van der Waals surface area contributed by atoms with Gasteiger partial charge in [0.2, 0.25) is 0 Å². The number of aryl methyl sites for hydroxylation is 3. The number of Topliss-reactive ketones (excluding diaryl/α,β-unsaturated/α-hetero) is 1. The van der Waals surface area contributed by atoms with Crippen molar-refractivity contribution in [2.45, 2.75) is 26.7 Å². The minimum atomic E-state index is -0.437. The molecular formula is C17H17FO. The first kappa shape index (κ1) is 13.5. The van der Waals surface area contributed by atoms with Gasteiger partial charge in [-0.1, -0.05) is 35.9 Å². The normalized spacial score (nSPS) is 10.5. The third-order valence-electron chi connectivity index (χ3n) is 3.29. The fourth-order valence-electron chi connectivity index (χ4n) is 2.20. The fraction of sp³-hybridized carbons (Fsp3) is 0.235. The van der Waals surface area contributed by atoms with Gasteiger partial charge in [-0.15, -0.1) is 0 Å². The van der Waals surface area contributed by atoms with Gasteiger partial charge < -0.3 is 0 Å². The van der Waals surface area contributed by atoms with Crippen molar-refractivity contribution in [3.8, 4) is 0 Å². The minimum absolute atomic E-state index is 0.141. The van der Waals surface area contributed by atoms with Gasteiger partial charge in [-0.25, -0.2) is 4.39 Å². The number of hydrogen-bond acceptors (Lipinski definition) is 1. The zero-order chi connectivity index (χ0) is 13.8. The third-order valence-corrected chi connectivity index (χ3v) is 3.29. The van der Waals surface area contributed by atoms with E-state index in [1.807, 2.05) is 26.0 Å². The number of carbonyl (C=O) groups excluding carboxylic acids is 1. The molecule has 98 valence electrons. The highest BCUT2D eigenvalue weighted by atomic mass is 19.1. The molecule has 0 fully saturated rings. The van der Waals surface area contributed by atoms with Gasteiger partial charge in [0.15, 0.2) is 5.78 Å². The maximum atomic E-state index is 13.5. The SMILES string of the molecule is Cc1ccc(CCC(=O)c2ccccc2F)c(C)c1. The number of halogens is 1. The van der Waals surface area contributed by atoms with E-state index in [2.05, 4.69) is 6.07 Å². The molecule has 0 aliphatic rings. The Morgan fingerprint density at radius 3 is 2.53 bits per heavy atom. The van der Waals surface area contributed by atoms with Crippen molar-refractivity contribution in [3.63, 3.8) is 0 Å². The van der Waals surface area contributed by atoms with E-state index in [1.165, 1.54) is 17.2 Å². The highest BCUT2D eigenvalue weighted by molar-refractivity contribution is 5.96. The van der Waals surface area contributed by atoms with Crippen molar-refractivity contribution in [2.75, 3.05) is 0 Å². The second kappa shape index (κ2) is 5.79. The van der Waals surface area contributed by atoms with E-state index in [4.69, 9.17) is 0 Å². The summed E-state index contributed by atoms with van der Waals surface area (Å²) in [5, 5.41) is 0. The van der Waals surface area contributed by atoms with Crippen LogP contribution in [-0.4, -0.2) is 5.78 Å². The van der Waals surface area contributed by atoms with E-state index in [0.29, 0.717) is 12.8 Å². The molecule has 0 aromatic heterocycles. The minimum Gasteiger partial charge on any atom is -0.294 e.